The molecule has 180 valence electrons. The second-order valence-electron chi connectivity index (χ2n) is 9.09. The van der Waals surface area contributed by atoms with Gasteiger partial charge < -0.3 is 14.2 Å². The van der Waals surface area contributed by atoms with Crippen LogP contribution in [0.5, 0.6) is 0 Å². The lowest BCUT2D eigenvalue weighted by atomic mass is 10.1. The fraction of sp³-hybridized carbons (Fsp3) is 0.333. The molecular weight excluding hydrogens is 442 g/mol. The van der Waals surface area contributed by atoms with E-state index in [1.54, 1.807) is 29.5 Å². The SMILES string of the molecule is CCc1ccc(C(=O)N2CCN(C(=O)c3cc(-c4ccco4)nc4c3cnn4C(C)C)CC2)cc1. The first kappa shape index (κ1) is 22.8. The van der Waals surface area contributed by atoms with Gasteiger partial charge in [-0.2, -0.15) is 5.10 Å². The molecule has 0 atom stereocenters. The highest BCUT2D eigenvalue weighted by molar-refractivity contribution is 6.06. The highest BCUT2D eigenvalue weighted by Gasteiger charge is 2.28. The minimum atomic E-state index is -0.0899. The number of piperazine rings is 1. The fourth-order valence-electron chi connectivity index (χ4n) is 4.47. The molecule has 0 N–H and O–H groups in total. The van der Waals surface area contributed by atoms with E-state index < -0.39 is 0 Å². The van der Waals surface area contributed by atoms with Crippen LogP contribution in [0.25, 0.3) is 22.5 Å². The zero-order valence-electron chi connectivity index (χ0n) is 20.3. The number of nitrogens with zero attached hydrogens (tertiary/aromatic N) is 5. The molecule has 3 aromatic heterocycles. The number of fused-ring (bicyclic) bond motifs is 1. The summed E-state index contributed by atoms with van der Waals surface area (Å²) >= 11 is 0. The molecule has 0 bridgehead atoms. The summed E-state index contributed by atoms with van der Waals surface area (Å²) in [6.07, 6.45) is 4.24. The predicted octanol–water partition coefficient (Wildman–Crippen LogP) is 4.43. The molecule has 5 rings (SSSR count). The summed E-state index contributed by atoms with van der Waals surface area (Å²) in [5.41, 5.74) is 3.68. The van der Waals surface area contributed by atoms with Gasteiger partial charge in [-0.1, -0.05) is 19.1 Å². The molecule has 0 saturated carbocycles. The molecule has 35 heavy (non-hydrogen) atoms. The van der Waals surface area contributed by atoms with E-state index >= 15 is 0 Å². The minimum Gasteiger partial charge on any atom is -0.463 e. The quantitative estimate of drug-likeness (QED) is 0.430. The molecule has 1 saturated heterocycles. The van der Waals surface area contributed by atoms with E-state index in [1.165, 1.54) is 5.56 Å². The Labute approximate surface area is 204 Å². The first-order chi connectivity index (χ1) is 17.0. The Hall–Kier alpha value is -3.94. The molecule has 1 aliphatic heterocycles. The van der Waals surface area contributed by atoms with Gasteiger partial charge in [-0.05, 0) is 56.2 Å². The molecule has 8 heteroatoms. The number of aromatic nitrogens is 3. The first-order valence-electron chi connectivity index (χ1n) is 12.1. The van der Waals surface area contributed by atoms with Gasteiger partial charge in [0.2, 0.25) is 0 Å². The van der Waals surface area contributed by atoms with E-state index in [-0.39, 0.29) is 17.9 Å². The monoisotopic (exact) mass is 471 g/mol. The highest BCUT2D eigenvalue weighted by atomic mass is 16.3. The van der Waals surface area contributed by atoms with Crippen LogP contribution in [0.1, 0.15) is 53.1 Å². The summed E-state index contributed by atoms with van der Waals surface area (Å²) in [6.45, 7) is 8.07. The van der Waals surface area contributed by atoms with Crippen LogP contribution in [0.15, 0.2) is 59.3 Å². The van der Waals surface area contributed by atoms with Crippen molar-refractivity contribution in [1.29, 1.82) is 0 Å². The third kappa shape index (κ3) is 4.32. The molecule has 1 aromatic carbocycles. The molecule has 0 unspecified atom stereocenters. The molecule has 1 fully saturated rings. The second kappa shape index (κ2) is 9.37. The molecule has 4 heterocycles. The maximum atomic E-state index is 13.7. The molecule has 0 spiro atoms. The van der Waals surface area contributed by atoms with Crippen molar-refractivity contribution >= 4 is 22.8 Å². The Bertz CT molecular complexity index is 1350. The van der Waals surface area contributed by atoms with Crippen molar-refractivity contribution in [2.75, 3.05) is 26.2 Å². The summed E-state index contributed by atoms with van der Waals surface area (Å²) in [7, 11) is 0. The predicted molar refractivity (Wildman–Crippen MR) is 133 cm³/mol. The smallest absolute Gasteiger partial charge is 0.254 e. The molecular formula is C27H29N5O3. The Morgan fingerprint density at radius 1 is 1.00 bits per heavy atom. The fourth-order valence-corrected chi connectivity index (χ4v) is 4.47. The average molecular weight is 472 g/mol. The van der Waals surface area contributed by atoms with Crippen LogP contribution in [0.4, 0.5) is 0 Å². The van der Waals surface area contributed by atoms with Gasteiger partial charge in [0, 0.05) is 37.8 Å². The van der Waals surface area contributed by atoms with Crippen molar-refractivity contribution in [3.05, 3.63) is 71.6 Å². The van der Waals surface area contributed by atoms with Crippen molar-refractivity contribution in [3.8, 4) is 11.5 Å². The number of rotatable bonds is 5. The van der Waals surface area contributed by atoms with Crippen LogP contribution in [-0.2, 0) is 6.42 Å². The van der Waals surface area contributed by atoms with Crippen LogP contribution in [0.2, 0.25) is 0 Å². The number of amides is 2. The van der Waals surface area contributed by atoms with Crippen LogP contribution in [0.3, 0.4) is 0 Å². The zero-order chi connectivity index (χ0) is 24.5. The number of pyridine rings is 1. The largest absolute Gasteiger partial charge is 0.463 e. The van der Waals surface area contributed by atoms with Gasteiger partial charge in [-0.25, -0.2) is 9.67 Å². The van der Waals surface area contributed by atoms with Gasteiger partial charge in [0.15, 0.2) is 11.4 Å². The number of furan rings is 1. The normalized spacial score (nSPS) is 14.2. The summed E-state index contributed by atoms with van der Waals surface area (Å²) < 4.78 is 7.38. The van der Waals surface area contributed by atoms with Gasteiger partial charge >= 0.3 is 0 Å². The van der Waals surface area contributed by atoms with E-state index in [0.29, 0.717) is 59.8 Å². The standard InChI is InChI=1S/C27H29N5O3/c1-4-19-7-9-20(10-8-19)26(33)30-11-13-31(14-12-30)27(34)21-16-23(24-6-5-15-35-24)29-25-22(21)17-28-32(25)18(2)3/h5-10,15-18H,4,11-14H2,1-3H3. The Morgan fingerprint density at radius 2 is 1.69 bits per heavy atom. The molecule has 1 aliphatic rings. The lowest BCUT2D eigenvalue weighted by Gasteiger charge is -2.35. The summed E-state index contributed by atoms with van der Waals surface area (Å²) in [4.78, 5) is 35.0. The molecule has 0 radical (unpaired) electrons. The summed E-state index contributed by atoms with van der Waals surface area (Å²) in [5, 5.41) is 5.20. The molecule has 0 aliphatic carbocycles. The van der Waals surface area contributed by atoms with E-state index in [1.807, 2.05) is 53.8 Å². The summed E-state index contributed by atoms with van der Waals surface area (Å²) in [6, 6.07) is 13.3. The van der Waals surface area contributed by atoms with Crippen molar-refractivity contribution in [2.24, 2.45) is 0 Å². The topological polar surface area (TPSA) is 84.5 Å². The molecule has 4 aromatic rings. The second-order valence-corrected chi connectivity index (χ2v) is 9.09. The maximum Gasteiger partial charge on any atom is 0.254 e. The Kier molecular flexibility index (Phi) is 6.11. The first-order valence-corrected chi connectivity index (χ1v) is 12.1. The third-order valence-corrected chi connectivity index (χ3v) is 6.52. The number of aryl methyl sites for hydroxylation is 1. The van der Waals surface area contributed by atoms with Crippen molar-refractivity contribution in [1.82, 2.24) is 24.6 Å². The number of carbonyl (C=O) groups excluding carboxylic acids is 2. The number of carbonyl (C=O) groups is 2. The third-order valence-electron chi connectivity index (χ3n) is 6.52. The van der Waals surface area contributed by atoms with Gasteiger partial charge in [0.25, 0.3) is 11.8 Å². The van der Waals surface area contributed by atoms with Crippen LogP contribution < -0.4 is 0 Å². The molecule has 8 nitrogen and oxygen atoms in total. The maximum absolute atomic E-state index is 13.7. The van der Waals surface area contributed by atoms with Crippen molar-refractivity contribution in [2.45, 2.75) is 33.2 Å². The van der Waals surface area contributed by atoms with Gasteiger partial charge in [-0.15, -0.1) is 0 Å². The van der Waals surface area contributed by atoms with Crippen LogP contribution >= 0.6 is 0 Å². The van der Waals surface area contributed by atoms with E-state index in [2.05, 4.69) is 12.0 Å². The zero-order valence-corrected chi connectivity index (χ0v) is 20.3. The number of hydrogen-bond acceptors (Lipinski definition) is 5. The number of hydrogen-bond donors (Lipinski definition) is 0. The van der Waals surface area contributed by atoms with E-state index in [4.69, 9.17) is 9.40 Å². The van der Waals surface area contributed by atoms with Crippen LogP contribution in [-0.4, -0.2) is 62.6 Å². The average Bonchev–Trinajstić information content (AvgIpc) is 3.58. The van der Waals surface area contributed by atoms with E-state index in [9.17, 15) is 9.59 Å². The lowest BCUT2D eigenvalue weighted by molar-refractivity contribution is 0.0536. The van der Waals surface area contributed by atoms with E-state index in [0.717, 1.165) is 6.42 Å². The van der Waals surface area contributed by atoms with Crippen molar-refractivity contribution < 1.29 is 14.0 Å². The minimum absolute atomic E-state index is 0.00405. The lowest BCUT2D eigenvalue weighted by Crippen LogP contribution is -2.50. The van der Waals surface area contributed by atoms with Gasteiger partial charge in [-0.3, -0.25) is 9.59 Å². The van der Waals surface area contributed by atoms with Gasteiger partial charge in [0.05, 0.1) is 23.4 Å². The Morgan fingerprint density at radius 3 is 2.29 bits per heavy atom. The van der Waals surface area contributed by atoms with Crippen LogP contribution in [0, 0.1) is 0 Å². The van der Waals surface area contributed by atoms with Crippen molar-refractivity contribution in [3.63, 3.8) is 0 Å². The van der Waals surface area contributed by atoms with Gasteiger partial charge in [0.1, 0.15) is 5.69 Å². The summed E-state index contributed by atoms with van der Waals surface area (Å²) in [5.74, 6) is 0.513. The number of benzene rings is 1. The molecule has 2 amide bonds. The highest BCUT2D eigenvalue weighted by Crippen LogP contribution is 2.28. The Balaban J connectivity index is 1.38.